The molecule has 1 aromatic heterocycles. The van der Waals surface area contributed by atoms with Crippen LogP contribution in [0.15, 0.2) is 75.9 Å². The summed E-state index contributed by atoms with van der Waals surface area (Å²) in [5.41, 5.74) is 3.81. The number of aliphatic hydroxyl groups is 1. The number of aromatic nitrogens is 1. The van der Waals surface area contributed by atoms with Gasteiger partial charge < -0.3 is 19.6 Å². The van der Waals surface area contributed by atoms with Crippen molar-refractivity contribution in [2.24, 2.45) is 7.05 Å². The summed E-state index contributed by atoms with van der Waals surface area (Å²) >= 11 is 0. The molecule has 4 aromatic rings. The molecule has 1 fully saturated rings. The summed E-state index contributed by atoms with van der Waals surface area (Å²) in [6, 6.07) is 17.6. The van der Waals surface area contributed by atoms with Gasteiger partial charge >= 0.3 is 5.76 Å². The lowest BCUT2D eigenvalue weighted by atomic mass is 9.82. The van der Waals surface area contributed by atoms with Gasteiger partial charge in [-0.05, 0) is 53.1 Å². The normalized spacial score (nSPS) is 20.5. The molecule has 35 heavy (non-hydrogen) atoms. The third kappa shape index (κ3) is 4.91. The first-order valence-corrected chi connectivity index (χ1v) is 11.5. The van der Waals surface area contributed by atoms with E-state index in [0.717, 1.165) is 22.2 Å². The predicted molar refractivity (Wildman–Crippen MR) is 127 cm³/mol. The maximum absolute atomic E-state index is 13.5. The number of aryl methyl sites for hydroxylation is 1. The molecule has 1 aliphatic heterocycles. The van der Waals surface area contributed by atoms with Crippen LogP contribution in [0.2, 0.25) is 0 Å². The molecule has 0 amide bonds. The first-order chi connectivity index (χ1) is 16.9. The largest absolute Gasteiger partial charge is 0.419 e. The van der Waals surface area contributed by atoms with Gasteiger partial charge in [0.1, 0.15) is 11.6 Å². The van der Waals surface area contributed by atoms with Crippen molar-refractivity contribution in [3.63, 3.8) is 0 Å². The Morgan fingerprint density at radius 2 is 1.66 bits per heavy atom. The van der Waals surface area contributed by atoms with Crippen molar-refractivity contribution in [1.29, 1.82) is 0 Å². The quantitative estimate of drug-likeness (QED) is 0.439. The maximum atomic E-state index is 13.5. The van der Waals surface area contributed by atoms with Gasteiger partial charge in [0.05, 0.1) is 30.4 Å². The highest BCUT2D eigenvalue weighted by molar-refractivity contribution is 5.73. The molecule has 3 atom stereocenters. The molecular formula is C27H26F2N2O4. The van der Waals surface area contributed by atoms with E-state index in [9.17, 15) is 18.7 Å². The van der Waals surface area contributed by atoms with E-state index in [1.807, 2.05) is 18.2 Å². The van der Waals surface area contributed by atoms with Gasteiger partial charge in [-0.15, -0.1) is 0 Å². The Morgan fingerprint density at radius 1 is 1.03 bits per heavy atom. The van der Waals surface area contributed by atoms with E-state index in [1.165, 1.54) is 28.8 Å². The number of benzene rings is 3. The van der Waals surface area contributed by atoms with Gasteiger partial charge in [-0.3, -0.25) is 4.57 Å². The lowest BCUT2D eigenvalue weighted by molar-refractivity contribution is -0.0718. The maximum Gasteiger partial charge on any atom is 0.419 e. The number of hydrogen-bond donors (Lipinski definition) is 2. The minimum Gasteiger partial charge on any atom is -0.408 e. The standard InChI is InChI=1S/C27H26F2N2O4/c1-31-22-11-2-16(12-24(22)35-27(31)33)14-30-21-15-34-25(13-23(21)32)26(17-3-7-19(28)8-4-17)18-5-9-20(29)10-6-18/h2-12,21,23,25-26,30,32H,13-15H2,1H3. The van der Waals surface area contributed by atoms with E-state index in [1.54, 1.807) is 31.3 Å². The Kier molecular flexibility index (Phi) is 6.51. The SMILES string of the molecule is Cn1c(=O)oc2cc(CNC3COC(C(c4ccc(F)cc4)c4ccc(F)cc4)CC3O)ccc21. The van der Waals surface area contributed by atoms with Crippen LogP contribution in [0.4, 0.5) is 8.78 Å². The van der Waals surface area contributed by atoms with Crippen molar-refractivity contribution < 1.29 is 23.0 Å². The second-order valence-corrected chi connectivity index (χ2v) is 8.97. The number of rotatable bonds is 6. The van der Waals surface area contributed by atoms with Gasteiger partial charge in [0, 0.05) is 25.9 Å². The molecular weight excluding hydrogens is 454 g/mol. The van der Waals surface area contributed by atoms with Gasteiger partial charge in [0.25, 0.3) is 0 Å². The lowest BCUT2D eigenvalue weighted by Crippen LogP contribution is -2.50. The number of fused-ring (bicyclic) bond motifs is 1. The first kappa shape index (κ1) is 23.4. The Balaban J connectivity index is 1.29. The molecule has 8 heteroatoms. The fourth-order valence-electron chi connectivity index (χ4n) is 4.74. The smallest absolute Gasteiger partial charge is 0.408 e. The summed E-state index contributed by atoms with van der Waals surface area (Å²) in [6.07, 6.45) is -0.701. The number of nitrogens with zero attached hydrogens (tertiary/aromatic N) is 1. The summed E-state index contributed by atoms with van der Waals surface area (Å²) in [5, 5.41) is 14.3. The van der Waals surface area contributed by atoms with Gasteiger partial charge in [0.2, 0.25) is 0 Å². The minimum atomic E-state index is -0.685. The molecule has 2 N–H and O–H groups in total. The number of hydrogen-bond acceptors (Lipinski definition) is 5. The first-order valence-electron chi connectivity index (χ1n) is 11.5. The Bertz CT molecular complexity index is 1320. The van der Waals surface area contributed by atoms with Gasteiger partial charge in [-0.1, -0.05) is 30.3 Å². The summed E-state index contributed by atoms with van der Waals surface area (Å²) < 4.78 is 40.0. The Labute approximate surface area is 200 Å². The topological polar surface area (TPSA) is 76.6 Å². The van der Waals surface area contributed by atoms with Crippen LogP contribution in [0.1, 0.15) is 29.0 Å². The molecule has 0 spiro atoms. The average Bonchev–Trinajstić information content (AvgIpc) is 3.14. The highest BCUT2D eigenvalue weighted by Gasteiger charge is 2.35. The van der Waals surface area contributed by atoms with Crippen LogP contribution in [0.3, 0.4) is 0 Å². The summed E-state index contributed by atoms with van der Waals surface area (Å²) in [7, 11) is 1.66. The minimum absolute atomic E-state index is 0.271. The van der Waals surface area contributed by atoms with Crippen LogP contribution in [0.5, 0.6) is 0 Å². The molecule has 3 unspecified atom stereocenters. The average molecular weight is 481 g/mol. The van der Waals surface area contributed by atoms with Crippen molar-refractivity contribution in [2.45, 2.75) is 37.1 Å². The summed E-state index contributed by atoms with van der Waals surface area (Å²) in [5.74, 6) is -1.37. The van der Waals surface area contributed by atoms with Crippen molar-refractivity contribution in [3.05, 3.63) is 106 Å². The highest BCUT2D eigenvalue weighted by Crippen LogP contribution is 2.35. The van der Waals surface area contributed by atoms with E-state index in [4.69, 9.17) is 9.15 Å². The zero-order valence-electron chi connectivity index (χ0n) is 19.2. The molecule has 0 aliphatic carbocycles. The summed E-state index contributed by atoms with van der Waals surface area (Å²) in [4.78, 5) is 11.7. The Morgan fingerprint density at radius 3 is 2.26 bits per heavy atom. The van der Waals surface area contributed by atoms with Crippen LogP contribution in [-0.2, 0) is 18.3 Å². The van der Waals surface area contributed by atoms with Crippen molar-refractivity contribution in [3.8, 4) is 0 Å². The van der Waals surface area contributed by atoms with Crippen LogP contribution >= 0.6 is 0 Å². The van der Waals surface area contributed by atoms with E-state index in [0.29, 0.717) is 18.5 Å². The third-order valence-electron chi connectivity index (χ3n) is 6.68. The van der Waals surface area contributed by atoms with Gasteiger partial charge in [0.15, 0.2) is 5.58 Å². The summed E-state index contributed by atoms with van der Waals surface area (Å²) in [6.45, 7) is 0.733. The molecule has 0 saturated carbocycles. The van der Waals surface area contributed by atoms with E-state index < -0.39 is 11.9 Å². The van der Waals surface area contributed by atoms with Crippen LogP contribution in [-0.4, -0.2) is 34.5 Å². The number of aliphatic hydroxyl groups excluding tert-OH is 1. The molecule has 1 aliphatic rings. The predicted octanol–water partition coefficient (Wildman–Crippen LogP) is 3.85. The van der Waals surface area contributed by atoms with Crippen molar-refractivity contribution in [2.75, 3.05) is 6.61 Å². The highest BCUT2D eigenvalue weighted by atomic mass is 19.1. The molecule has 5 rings (SSSR count). The zero-order valence-corrected chi connectivity index (χ0v) is 19.2. The number of halogens is 2. The molecule has 0 bridgehead atoms. The Hall–Kier alpha value is -3.33. The van der Waals surface area contributed by atoms with Crippen molar-refractivity contribution >= 4 is 11.1 Å². The molecule has 182 valence electrons. The fourth-order valence-corrected chi connectivity index (χ4v) is 4.74. The van der Waals surface area contributed by atoms with Crippen molar-refractivity contribution in [1.82, 2.24) is 9.88 Å². The molecule has 1 saturated heterocycles. The number of oxazole rings is 1. The van der Waals surface area contributed by atoms with E-state index in [2.05, 4.69) is 5.32 Å². The van der Waals surface area contributed by atoms with E-state index >= 15 is 0 Å². The monoisotopic (exact) mass is 480 g/mol. The number of ether oxygens (including phenoxy) is 1. The van der Waals surface area contributed by atoms with Crippen LogP contribution in [0.25, 0.3) is 11.1 Å². The van der Waals surface area contributed by atoms with E-state index in [-0.39, 0.29) is 36.3 Å². The lowest BCUT2D eigenvalue weighted by Gasteiger charge is -2.38. The zero-order chi connectivity index (χ0) is 24.5. The molecule has 0 radical (unpaired) electrons. The molecule has 2 heterocycles. The number of nitrogens with one attached hydrogen (secondary N) is 1. The van der Waals surface area contributed by atoms with Gasteiger partial charge in [-0.2, -0.15) is 0 Å². The second kappa shape index (κ2) is 9.73. The van der Waals surface area contributed by atoms with Crippen LogP contribution < -0.4 is 11.1 Å². The molecule has 3 aromatic carbocycles. The van der Waals surface area contributed by atoms with Gasteiger partial charge in [-0.25, -0.2) is 13.6 Å². The third-order valence-corrected chi connectivity index (χ3v) is 6.68. The molecule has 6 nitrogen and oxygen atoms in total. The fraction of sp³-hybridized carbons (Fsp3) is 0.296. The second-order valence-electron chi connectivity index (χ2n) is 8.97. The van der Waals surface area contributed by atoms with Crippen LogP contribution in [0, 0.1) is 11.6 Å².